The number of piperidine rings is 1. The monoisotopic (exact) mass is 432 g/mol. The number of benzene rings is 2. The van der Waals surface area contributed by atoms with E-state index in [1.54, 1.807) is 23.1 Å². The van der Waals surface area contributed by atoms with Crippen LogP contribution < -0.4 is 15.5 Å². The lowest BCUT2D eigenvalue weighted by atomic mass is 9.92. The maximum Gasteiger partial charge on any atom is 0.325 e. The molecule has 2 saturated heterocycles. The molecular formula is C24H24N4O4. The second kappa shape index (κ2) is 7.78. The minimum absolute atomic E-state index is 0.0706. The van der Waals surface area contributed by atoms with Gasteiger partial charge in [-0.15, -0.1) is 0 Å². The predicted octanol–water partition coefficient (Wildman–Crippen LogP) is 2.54. The van der Waals surface area contributed by atoms with E-state index < -0.39 is 23.4 Å². The Labute approximate surface area is 185 Å². The van der Waals surface area contributed by atoms with Gasteiger partial charge in [0.15, 0.2) is 0 Å². The van der Waals surface area contributed by atoms with Gasteiger partial charge in [-0.3, -0.25) is 19.3 Å². The quantitative estimate of drug-likeness (QED) is 0.726. The molecule has 0 bridgehead atoms. The number of rotatable bonds is 4. The van der Waals surface area contributed by atoms with E-state index in [0.29, 0.717) is 31.5 Å². The standard InChI is InChI=1S/C24H24N4O4/c29-20(25-17-7-5-8-18(14-17)27-13-4-3-10-21(27)30)15-28-22(31)24(26-23(28)32)12-11-16-6-1-2-9-19(16)24/h1-2,5-9,14H,3-4,10-13,15H2,(H,25,29)(H,26,32). The summed E-state index contributed by atoms with van der Waals surface area (Å²) >= 11 is 0. The number of nitrogens with one attached hydrogen (secondary N) is 2. The first-order valence-electron chi connectivity index (χ1n) is 10.9. The zero-order valence-corrected chi connectivity index (χ0v) is 17.6. The van der Waals surface area contributed by atoms with Gasteiger partial charge in [-0.2, -0.15) is 0 Å². The molecule has 3 aliphatic rings. The summed E-state index contributed by atoms with van der Waals surface area (Å²) in [6.45, 7) is 0.281. The average molecular weight is 432 g/mol. The van der Waals surface area contributed by atoms with Crippen LogP contribution in [0.3, 0.4) is 0 Å². The van der Waals surface area contributed by atoms with Crippen molar-refractivity contribution < 1.29 is 19.2 Å². The number of carbonyl (C=O) groups is 4. The highest BCUT2D eigenvalue weighted by molar-refractivity contribution is 6.11. The molecule has 2 aromatic rings. The average Bonchev–Trinajstić information content (AvgIpc) is 3.27. The van der Waals surface area contributed by atoms with Gasteiger partial charge in [0, 0.05) is 24.3 Å². The molecule has 8 heteroatoms. The largest absolute Gasteiger partial charge is 0.325 e. The first-order valence-corrected chi connectivity index (χ1v) is 10.9. The Morgan fingerprint density at radius 3 is 2.72 bits per heavy atom. The van der Waals surface area contributed by atoms with Crippen molar-refractivity contribution >= 4 is 35.1 Å². The maximum absolute atomic E-state index is 13.2. The first kappa shape index (κ1) is 20.2. The van der Waals surface area contributed by atoms with Gasteiger partial charge in [-0.05, 0) is 55.0 Å². The molecule has 32 heavy (non-hydrogen) atoms. The Kier molecular flexibility index (Phi) is 4.92. The number of hydrogen-bond donors (Lipinski definition) is 2. The van der Waals surface area contributed by atoms with Crippen LogP contribution in [0.15, 0.2) is 48.5 Å². The molecule has 2 aliphatic heterocycles. The second-order valence-corrected chi connectivity index (χ2v) is 8.48. The van der Waals surface area contributed by atoms with Crippen LogP contribution in [0.4, 0.5) is 16.2 Å². The fourth-order valence-electron chi connectivity index (χ4n) is 4.91. The molecule has 1 spiro atoms. The number of urea groups is 1. The minimum atomic E-state index is -1.08. The van der Waals surface area contributed by atoms with Crippen LogP contribution in [0.1, 0.15) is 36.8 Å². The van der Waals surface area contributed by atoms with Crippen LogP contribution >= 0.6 is 0 Å². The van der Waals surface area contributed by atoms with E-state index in [2.05, 4.69) is 10.6 Å². The third-order valence-corrected chi connectivity index (χ3v) is 6.49. The Morgan fingerprint density at radius 2 is 1.88 bits per heavy atom. The fraction of sp³-hybridized carbons (Fsp3) is 0.333. The molecule has 2 aromatic carbocycles. The molecule has 2 heterocycles. The van der Waals surface area contributed by atoms with Crippen LogP contribution in [0, 0.1) is 0 Å². The summed E-state index contributed by atoms with van der Waals surface area (Å²) in [4.78, 5) is 53.4. The maximum atomic E-state index is 13.2. The third-order valence-electron chi connectivity index (χ3n) is 6.49. The number of fused-ring (bicyclic) bond motifs is 2. The molecule has 5 amide bonds. The van der Waals surface area contributed by atoms with Gasteiger partial charge >= 0.3 is 6.03 Å². The zero-order chi connectivity index (χ0) is 22.3. The zero-order valence-electron chi connectivity index (χ0n) is 17.6. The van der Waals surface area contributed by atoms with E-state index in [4.69, 9.17) is 0 Å². The molecular weight excluding hydrogens is 408 g/mol. The highest BCUT2D eigenvalue weighted by Gasteiger charge is 2.55. The van der Waals surface area contributed by atoms with Gasteiger partial charge in [0.2, 0.25) is 11.8 Å². The van der Waals surface area contributed by atoms with Crippen molar-refractivity contribution in [3.8, 4) is 0 Å². The lowest BCUT2D eigenvalue weighted by molar-refractivity contribution is -0.134. The fourth-order valence-corrected chi connectivity index (χ4v) is 4.91. The van der Waals surface area contributed by atoms with Crippen molar-refractivity contribution in [3.05, 3.63) is 59.7 Å². The van der Waals surface area contributed by atoms with Crippen molar-refractivity contribution in [1.29, 1.82) is 0 Å². The molecule has 1 unspecified atom stereocenters. The van der Waals surface area contributed by atoms with Gasteiger partial charge in [0.05, 0.1) is 0 Å². The van der Waals surface area contributed by atoms with Crippen molar-refractivity contribution in [2.24, 2.45) is 0 Å². The van der Waals surface area contributed by atoms with Gasteiger partial charge < -0.3 is 15.5 Å². The van der Waals surface area contributed by atoms with Crippen molar-refractivity contribution in [2.45, 2.75) is 37.6 Å². The van der Waals surface area contributed by atoms with Crippen molar-refractivity contribution in [1.82, 2.24) is 10.2 Å². The van der Waals surface area contributed by atoms with Crippen LogP contribution in [0.25, 0.3) is 0 Å². The Morgan fingerprint density at radius 1 is 1.03 bits per heavy atom. The van der Waals surface area contributed by atoms with Crippen molar-refractivity contribution in [2.75, 3.05) is 23.3 Å². The van der Waals surface area contributed by atoms with E-state index in [1.165, 1.54) is 0 Å². The number of imide groups is 1. The van der Waals surface area contributed by atoms with E-state index in [0.717, 1.165) is 34.6 Å². The van der Waals surface area contributed by atoms with E-state index >= 15 is 0 Å². The predicted molar refractivity (Wildman–Crippen MR) is 118 cm³/mol. The van der Waals surface area contributed by atoms with Gasteiger partial charge in [0.1, 0.15) is 12.1 Å². The molecule has 2 N–H and O–H groups in total. The van der Waals surface area contributed by atoms with Crippen LogP contribution in [0.2, 0.25) is 0 Å². The smallest absolute Gasteiger partial charge is 0.324 e. The summed E-state index contributed by atoms with van der Waals surface area (Å²) in [7, 11) is 0. The topological polar surface area (TPSA) is 98.8 Å². The number of amides is 5. The third kappa shape index (κ3) is 3.32. The normalized spacial score (nSPS) is 22.3. The molecule has 8 nitrogen and oxygen atoms in total. The number of carbonyl (C=O) groups excluding carboxylic acids is 4. The highest BCUT2D eigenvalue weighted by atomic mass is 16.2. The second-order valence-electron chi connectivity index (χ2n) is 8.48. The summed E-state index contributed by atoms with van der Waals surface area (Å²) in [6, 6.07) is 14.1. The highest BCUT2D eigenvalue weighted by Crippen LogP contribution is 2.41. The Hall–Kier alpha value is -3.68. The number of anilines is 2. The molecule has 164 valence electrons. The molecule has 0 saturated carbocycles. The SMILES string of the molecule is O=C(CN1C(=O)NC2(CCc3ccccc32)C1=O)Nc1cccc(N2CCCCC2=O)c1. The Balaban J connectivity index is 1.29. The lowest BCUT2D eigenvalue weighted by Crippen LogP contribution is -2.43. The summed E-state index contributed by atoms with van der Waals surface area (Å²) < 4.78 is 0. The lowest BCUT2D eigenvalue weighted by Gasteiger charge is -2.27. The van der Waals surface area contributed by atoms with E-state index in [-0.39, 0.29) is 12.5 Å². The summed E-state index contributed by atoms with van der Waals surface area (Å²) in [6.07, 6.45) is 3.54. The Bertz CT molecular complexity index is 1130. The molecule has 1 aliphatic carbocycles. The number of nitrogens with zero attached hydrogens (tertiary/aromatic N) is 2. The van der Waals surface area contributed by atoms with Crippen molar-refractivity contribution in [3.63, 3.8) is 0 Å². The number of aryl methyl sites for hydroxylation is 1. The van der Waals surface area contributed by atoms with E-state index in [1.807, 2.05) is 30.3 Å². The van der Waals surface area contributed by atoms with Crippen LogP contribution in [-0.4, -0.2) is 41.7 Å². The molecule has 1 atom stereocenters. The molecule has 2 fully saturated rings. The summed E-state index contributed by atoms with van der Waals surface area (Å²) in [5.74, 6) is -0.796. The molecule has 0 aromatic heterocycles. The van der Waals surface area contributed by atoms with Gasteiger partial charge in [-0.25, -0.2) is 4.79 Å². The first-order chi connectivity index (χ1) is 15.5. The summed E-state index contributed by atoms with van der Waals surface area (Å²) in [5.41, 5.74) is 2.00. The summed E-state index contributed by atoms with van der Waals surface area (Å²) in [5, 5.41) is 5.58. The minimum Gasteiger partial charge on any atom is -0.324 e. The molecule has 0 radical (unpaired) electrons. The van der Waals surface area contributed by atoms with Gasteiger partial charge in [-0.1, -0.05) is 30.3 Å². The van der Waals surface area contributed by atoms with Gasteiger partial charge in [0.25, 0.3) is 5.91 Å². The van der Waals surface area contributed by atoms with Crippen LogP contribution in [0.5, 0.6) is 0 Å². The van der Waals surface area contributed by atoms with Crippen LogP contribution in [-0.2, 0) is 26.3 Å². The number of hydrogen-bond acceptors (Lipinski definition) is 4. The van der Waals surface area contributed by atoms with E-state index in [9.17, 15) is 19.2 Å². The molecule has 5 rings (SSSR count).